The van der Waals surface area contributed by atoms with Crippen LogP contribution in [0, 0.1) is 21.4 Å². The first-order valence-corrected chi connectivity index (χ1v) is 7.95. The number of hydrogen-bond donors (Lipinski definition) is 1. The van der Waals surface area contributed by atoms with Crippen LogP contribution in [0.15, 0.2) is 42.5 Å². The Balaban J connectivity index is 2.00. The molecule has 126 valence electrons. The number of imidazole rings is 1. The van der Waals surface area contributed by atoms with Gasteiger partial charge in [-0.2, -0.15) is 5.26 Å². The van der Waals surface area contributed by atoms with Crippen molar-refractivity contribution in [3.8, 4) is 6.07 Å². The van der Waals surface area contributed by atoms with Crippen LogP contribution in [0.4, 0.5) is 11.4 Å². The molecule has 1 heterocycles. The van der Waals surface area contributed by atoms with Crippen molar-refractivity contribution in [3.63, 3.8) is 0 Å². The molecule has 0 bridgehead atoms. The number of aromatic nitrogens is 2. The van der Waals surface area contributed by atoms with E-state index in [2.05, 4.69) is 14.9 Å². The van der Waals surface area contributed by atoms with Crippen LogP contribution in [0.3, 0.4) is 0 Å². The predicted molar refractivity (Wildman–Crippen MR) is 95.3 cm³/mol. The van der Waals surface area contributed by atoms with Gasteiger partial charge in [0.15, 0.2) is 0 Å². The first-order valence-electron chi connectivity index (χ1n) is 7.95. The minimum Gasteiger partial charge on any atom is -0.370 e. The highest BCUT2D eigenvalue weighted by Gasteiger charge is 2.20. The Labute approximate surface area is 144 Å². The van der Waals surface area contributed by atoms with Crippen molar-refractivity contribution < 1.29 is 4.92 Å². The minimum atomic E-state index is -0.487. The number of nitro benzene ring substituents is 1. The highest BCUT2D eigenvalue weighted by Crippen LogP contribution is 2.30. The number of fused-ring (bicyclic) bond motifs is 1. The van der Waals surface area contributed by atoms with Gasteiger partial charge in [0, 0.05) is 12.6 Å². The fourth-order valence-corrected chi connectivity index (χ4v) is 2.93. The molecule has 0 spiro atoms. The Morgan fingerprint density at radius 2 is 2.12 bits per heavy atom. The van der Waals surface area contributed by atoms with E-state index in [1.54, 1.807) is 12.1 Å². The van der Waals surface area contributed by atoms with Crippen LogP contribution in [0.1, 0.15) is 31.3 Å². The van der Waals surface area contributed by atoms with Crippen LogP contribution in [0.5, 0.6) is 0 Å². The zero-order valence-corrected chi connectivity index (χ0v) is 13.9. The zero-order chi connectivity index (χ0) is 18.0. The lowest BCUT2D eigenvalue weighted by atomic mass is 10.1. The topological polar surface area (TPSA) is 96.8 Å². The summed E-state index contributed by atoms with van der Waals surface area (Å²) in [7, 11) is 0. The molecule has 1 unspecified atom stereocenters. The smallest absolute Gasteiger partial charge is 0.293 e. The molecule has 0 saturated heterocycles. The van der Waals surface area contributed by atoms with Crippen LogP contribution in [-0.4, -0.2) is 14.5 Å². The van der Waals surface area contributed by atoms with E-state index in [1.807, 2.05) is 44.2 Å². The number of anilines is 1. The highest BCUT2D eigenvalue weighted by atomic mass is 16.6. The van der Waals surface area contributed by atoms with E-state index >= 15 is 0 Å². The first-order chi connectivity index (χ1) is 12.0. The van der Waals surface area contributed by atoms with Gasteiger partial charge in [0.25, 0.3) is 5.69 Å². The third-order valence-corrected chi connectivity index (χ3v) is 4.08. The molecule has 25 heavy (non-hydrogen) atoms. The van der Waals surface area contributed by atoms with E-state index in [0.717, 1.165) is 23.4 Å². The summed E-state index contributed by atoms with van der Waals surface area (Å²) in [6.07, 6.45) is 0. The largest absolute Gasteiger partial charge is 0.370 e. The summed E-state index contributed by atoms with van der Waals surface area (Å²) in [5.74, 6) is 0.808. The first kappa shape index (κ1) is 16.5. The van der Waals surface area contributed by atoms with Gasteiger partial charge in [-0.15, -0.1) is 0 Å². The normalized spacial score (nSPS) is 11.9. The van der Waals surface area contributed by atoms with E-state index in [-0.39, 0.29) is 17.3 Å². The number of nitrogens with zero attached hydrogens (tertiary/aromatic N) is 4. The fourth-order valence-electron chi connectivity index (χ4n) is 2.93. The molecule has 0 radical (unpaired) electrons. The summed E-state index contributed by atoms with van der Waals surface area (Å²) in [5.41, 5.74) is 2.42. The van der Waals surface area contributed by atoms with Crippen LogP contribution >= 0.6 is 0 Å². The highest BCUT2D eigenvalue weighted by molar-refractivity contribution is 5.76. The number of benzene rings is 2. The molecule has 0 aliphatic rings. The SMILES string of the molecule is CCn1c(C(C)Nc2ccc(C#N)cc2[N+](=O)[O-])nc2ccccc21. The summed E-state index contributed by atoms with van der Waals surface area (Å²) in [6, 6.07) is 13.9. The molecule has 0 aliphatic carbocycles. The van der Waals surface area contributed by atoms with Crippen molar-refractivity contribution in [2.24, 2.45) is 0 Å². The monoisotopic (exact) mass is 335 g/mol. The third-order valence-electron chi connectivity index (χ3n) is 4.08. The molecule has 7 nitrogen and oxygen atoms in total. The Kier molecular flexibility index (Phi) is 4.35. The second-order valence-electron chi connectivity index (χ2n) is 5.67. The van der Waals surface area contributed by atoms with Crippen molar-refractivity contribution in [1.29, 1.82) is 5.26 Å². The Bertz CT molecular complexity index is 987. The van der Waals surface area contributed by atoms with E-state index in [9.17, 15) is 10.1 Å². The number of nitro groups is 1. The van der Waals surface area contributed by atoms with Gasteiger partial charge in [-0.05, 0) is 38.1 Å². The van der Waals surface area contributed by atoms with Crippen molar-refractivity contribution >= 4 is 22.4 Å². The zero-order valence-electron chi connectivity index (χ0n) is 13.9. The molecule has 1 atom stereocenters. The number of nitrogens with one attached hydrogen (secondary N) is 1. The summed E-state index contributed by atoms with van der Waals surface area (Å²) in [5, 5.41) is 23.4. The summed E-state index contributed by atoms with van der Waals surface area (Å²) in [6.45, 7) is 4.70. The maximum Gasteiger partial charge on any atom is 0.293 e. The molecule has 1 aromatic heterocycles. The van der Waals surface area contributed by atoms with Crippen molar-refractivity contribution in [2.75, 3.05) is 5.32 Å². The molecule has 0 aliphatic heterocycles. The van der Waals surface area contributed by atoms with Gasteiger partial charge >= 0.3 is 0 Å². The molecule has 7 heteroatoms. The maximum absolute atomic E-state index is 11.3. The quantitative estimate of drug-likeness (QED) is 0.561. The Morgan fingerprint density at radius 3 is 2.80 bits per heavy atom. The van der Waals surface area contributed by atoms with E-state index in [4.69, 9.17) is 5.26 Å². The molecular formula is C18H17N5O2. The van der Waals surface area contributed by atoms with Crippen molar-refractivity contribution in [2.45, 2.75) is 26.4 Å². The average Bonchev–Trinajstić information content (AvgIpc) is 3.00. The Morgan fingerprint density at radius 1 is 1.36 bits per heavy atom. The maximum atomic E-state index is 11.3. The van der Waals surface area contributed by atoms with E-state index in [1.165, 1.54) is 6.07 Å². The summed E-state index contributed by atoms with van der Waals surface area (Å²) < 4.78 is 2.09. The lowest BCUT2D eigenvalue weighted by Crippen LogP contribution is -2.14. The lowest BCUT2D eigenvalue weighted by Gasteiger charge is -2.16. The predicted octanol–water partition coefficient (Wildman–Crippen LogP) is 4.01. The van der Waals surface area contributed by atoms with Gasteiger partial charge in [0.05, 0.1) is 33.6 Å². The number of aryl methyl sites for hydroxylation is 1. The van der Waals surface area contributed by atoms with E-state index in [0.29, 0.717) is 5.69 Å². The minimum absolute atomic E-state index is 0.120. The fraction of sp³-hybridized carbons (Fsp3) is 0.222. The average molecular weight is 335 g/mol. The van der Waals surface area contributed by atoms with Gasteiger partial charge < -0.3 is 9.88 Å². The second kappa shape index (κ2) is 6.61. The van der Waals surface area contributed by atoms with Crippen LogP contribution < -0.4 is 5.32 Å². The van der Waals surface area contributed by atoms with Crippen LogP contribution in [0.2, 0.25) is 0 Å². The number of rotatable bonds is 5. The standard InChI is InChI=1S/C18H17N5O2/c1-3-22-16-7-5-4-6-14(16)21-18(22)12(2)20-15-9-8-13(11-19)10-17(15)23(24)25/h4-10,12,20H,3H2,1-2H3. The summed E-state index contributed by atoms with van der Waals surface area (Å²) >= 11 is 0. The van der Waals surface area contributed by atoms with Gasteiger partial charge in [-0.25, -0.2) is 4.98 Å². The molecule has 1 N–H and O–H groups in total. The van der Waals surface area contributed by atoms with Gasteiger partial charge in [-0.1, -0.05) is 12.1 Å². The number of nitriles is 1. The van der Waals surface area contributed by atoms with Crippen LogP contribution in [-0.2, 0) is 6.54 Å². The van der Waals surface area contributed by atoms with Crippen LogP contribution in [0.25, 0.3) is 11.0 Å². The molecule has 0 fully saturated rings. The molecule has 3 aromatic rings. The number of para-hydroxylation sites is 2. The molecular weight excluding hydrogens is 318 g/mol. The van der Waals surface area contributed by atoms with Gasteiger partial charge in [0.2, 0.25) is 0 Å². The second-order valence-corrected chi connectivity index (χ2v) is 5.67. The molecule has 0 amide bonds. The van der Waals surface area contributed by atoms with Crippen molar-refractivity contribution in [3.05, 3.63) is 64.0 Å². The number of hydrogen-bond acceptors (Lipinski definition) is 5. The van der Waals surface area contributed by atoms with Gasteiger partial charge in [0.1, 0.15) is 11.5 Å². The van der Waals surface area contributed by atoms with E-state index < -0.39 is 4.92 Å². The Hall–Kier alpha value is -3.40. The lowest BCUT2D eigenvalue weighted by molar-refractivity contribution is -0.384. The summed E-state index contributed by atoms with van der Waals surface area (Å²) in [4.78, 5) is 15.5. The van der Waals surface area contributed by atoms with Crippen molar-refractivity contribution in [1.82, 2.24) is 9.55 Å². The van der Waals surface area contributed by atoms with Gasteiger partial charge in [-0.3, -0.25) is 10.1 Å². The molecule has 2 aromatic carbocycles. The molecule has 0 saturated carbocycles. The molecule has 3 rings (SSSR count). The third kappa shape index (κ3) is 3.02.